The van der Waals surface area contributed by atoms with Gasteiger partial charge in [-0.15, -0.1) is 0 Å². The van der Waals surface area contributed by atoms with Gasteiger partial charge in [-0.05, 0) is 55.1 Å². The second-order valence-corrected chi connectivity index (χ2v) is 7.99. The molecular weight excluding hydrogens is 445 g/mol. The van der Waals surface area contributed by atoms with E-state index >= 15 is 0 Å². The summed E-state index contributed by atoms with van der Waals surface area (Å²) in [6.45, 7) is 0.274. The van der Waals surface area contributed by atoms with Crippen LogP contribution in [0.3, 0.4) is 0 Å². The minimum atomic E-state index is -4.49. The number of rotatable bonds is 5. The molecule has 0 saturated carbocycles. The second kappa shape index (κ2) is 8.82. The Morgan fingerprint density at radius 1 is 1.06 bits per heavy atom. The van der Waals surface area contributed by atoms with Gasteiger partial charge in [0.05, 0.1) is 16.9 Å². The molecule has 2 aromatic carbocycles. The van der Waals surface area contributed by atoms with Crippen LogP contribution in [0.5, 0.6) is 0 Å². The molecule has 0 bridgehead atoms. The molecular formula is C22H20ClF3N4O2. The number of para-hydroxylation sites is 1. The number of amides is 1. The minimum absolute atomic E-state index is 0.128. The first-order valence-corrected chi connectivity index (χ1v) is 10.5. The molecule has 3 aromatic rings. The molecule has 2 heterocycles. The maximum Gasteiger partial charge on any atom is 0.408 e. The van der Waals surface area contributed by atoms with Crippen LogP contribution in [0, 0.1) is 0 Å². The molecule has 1 fully saturated rings. The molecule has 1 saturated heterocycles. The summed E-state index contributed by atoms with van der Waals surface area (Å²) in [6, 6.07) is 11.0. The van der Waals surface area contributed by atoms with Crippen LogP contribution in [0.1, 0.15) is 40.1 Å². The number of piperidine rings is 1. The lowest BCUT2D eigenvalue weighted by atomic mass is 10.1. The van der Waals surface area contributed by atoms with Crippen LogP contribution in [-0.2, 0) is 6.54 Å². The zero-order chi connectivity index (χ0) is 22.9. The van der Waals surface area contributed by atoms with Gasteiger partial charge in [-0.2, -0.15) is 18.3 Å². The zero-order valence-corrected chi connectivity index (χ0v) is 17.7. The number of carbonyl (C=O) groups is 2. The average molecular weight is 465 g/mol. The number of nitrogens with one attached hydrogen (secondary N) is 1. The highest BCUT2D eigenvalue weighted by atomic mass is 35.5. The van der Waals surface area contributed by atoms with E-state index < -0.39 is 23.9 Å². The Balaban J connectivity index is 1.71. The third-order valence-corrected chi connectivity index (χ3v) is 5.59. The van der Waals surface area contributed by atoms with Crippen LogP contribution in [0.4, 0.5) is 24.5 Å². The molecule has 1 aliphatic rings. The number of nitrogens with zero attached hydrogens (tertiary/aromatic N) is 3. The van der Waals surface area contributed by atoms with Crippen molar-refractivity contribution >= 4 is 45.0 Å². The Hall–Kier alpha value is -3.07. The summed E-state index contributed by atoms with van der Waals surface area (Å²) in [4.78, 5) is 26.9. The summed E-state index contributed by atoms with van der Waals surface area (Å²) in [5.74, 6) is -0.667. The Morgan fingerprint density at radius 2 is 1.78 bits per heavy atom. The van der Waals surface area contributed by atoms with Crippen LogP contribution in [0.25, 0.3) is 10.9 Å². The lowest BCUT2D eigenvalue weighted by Gasteiger charge is -2.30. The van der Waals surface area contributed by atoms with Crippen LogP contribution in [0.2, 0.25) is 0 Å². The van der Waals surface area contributed by atoms with E-state index in [4.69, 9.17) is 11.6 Å². The van der Waals surface area contributed by atoms with E-state index in [-0.39, 0.29) is 16.8 Å². The third-order valence-electron chi connectivity index (χ3n) is 5.37. The number of alkyl halides is 3. The number of carbonyl (C=O) groups excluding carboxylic acids is 2. The molecule has 32 heavy (non-hydrogen) atoms. The molecule has 1 aromatic heterocycles. The normalized spacial score (nSPS) is 14.6. The van der Waals surface area contributed by atoms with Crippen molar-refractivity contribution in [2.75, 3.05) is 23.3 Å². The van der Waals surface area contributed by atoms with Gasteiger partial charge < -0.3 is 10.2 Å². The van der Waals surface area contributed by atoms with E-state index in [0.717, 1.165) is 42.7 Å². The fourth-order valence-electron chi connectivity index (χ4n) is 3.94. The van der Waals surface area contributed by atoms with E-state index in [1.807, 2.05) is 0 Å². The van der Waals surface area contributed by atoms with E-state index in [9.17, 15) is 22.8 Å². The highest BCUT2D eigenvalue weighted by Gasteiger charge is 2.31. The molecule has 0 spiro atoms. The number of anilines is 2. The molecule has 0 atom stereocenters. The first-order valence-electron chi connectivity index (χ1n) is 10.2. The Morgan fingerprint density at radius 3 is 2.47 bits per heavy atom. The van der Waals surface area contributed by atoms with Crippen molar-refractivity contribution in [2.45, 2.75) is 32.0 Å². The van der Waals surface area contributed by atoms with E-state index in [2.05, 4.69) is 15.3 Å². The summed E-state index contributed by atoms with van der Waals surface area (Å²) in [7, 11) is 0. The number of hydrogen-bond donors (Lipinski definition) is 1. The lowest BCUT2D eigenvalue weighted by Crippen LogP contribution is -2.30. The van der Waals surface area contributed by atoms with Crippen LogP contribution in [-0.4, -0.2) is 40.2 Å². The predicted octanol–water partition coefficient (Wildman–Crippen LogP) is 5.22. The van der Waals surface area contributed by atoms with Crippen molar-refractivity contribution in [1.29, 1.82) is 0 Å². The van der Waals surface area contributed by atoms with Gasteiger partial charge in [-0.25, -0.2) is 0 Å². The van der Waals surface area contributed by atoms with E-state index in [1.165, 1.54) is 12.1 Å². The molecule has 0 radical (unpaired) electrons. The number of fused-ring (bicyclic) bond motifs is 1. The quantitative estimate of drug-likeness (QED) is 0.526. The van der Waals surface area contributed by atoms with Crippen LogP contribution >= 0.6 is 11.6 Å². The molecule has 0 unspecified atom stereocenters. The topological polar surface area (TPSA) is 67.2 Å². The average Bonchev–Trinajstić information content (AvgIpc) is 3.11. The molecule has 0 aliphatic carbocycles. The Bertz CT molecular complexity index is 1170. The third kappa shape index (κ3) is 4.72. The zero-order valence-electron chi connectivity index (χ0n) is 17.0. The molecule has 1 aliphatic heterocycles. The monoisotopic (exact) mass is 464 g/mol. The van der Waals surface area contributed by atoms with Gasteiger partial charge in [0.1, 0.15) is 6.54 Å². The first-order chi connectivity index (χ1) is 15.2. The maximum atomic E-state index is 13.1. The van der Waals surface area contributed by atoms with E-state index in [1.54, 1.807) is 30.3 Å². The van der Waals surface area contributed by atoms with Crippen molar-refractivity contribution in [1.82, 2.24) is 9.78 Å². The number of hydrogen-bond acceptors (Lipinski definition) is 4. The summed E-state index contributed by atoms with van der Waals surface area (Å²) in [6.07, 6.45) is -1.38. The van der Waals surface area contributed by atoms with Crippen molar-refractivity contribution in [2.24, 2.45) is 0 Å². The summed E-state index contributed by atoms with van der Waals surface area (Å²) in [5.41, 5.74) is 1.36. The van der Waals surface area contributed by atoms with E-state index in [0.29, 0.717) is 11.1 Å². The van der Waals surface area contributed by atoms with Gasteiger partial charge in [0.2, 0.25) is 0 Å². The molecule has 168 valence electrons. The van der Waals surface area contributed by atoms with Crippen molar-refractivity contribution in [3.8, 4) is 0 Å². The van der Waals surface area contributed by atoms with Gasteiger partial charge in [-0.1, -0.05) is 18.2 Å². The number of halogens is 4. The fraction of sp³-hybridized carbons (Fsp3) is 0.318. The second-order valence-electron chi connectivity index (χ2n) is 7.65. The van der Waals surface area contributed by atoms with Gasteiger partial charge in [-0.3, -0.25) is 14.3 Å². The summed E-state index contributed by atoms with van der Waals surface area (Å²) >= 11 is 5.62. The lowest BCUT2D eigenvalue weighted by molar-refractivity contribution is -0.141. The number of benzene rings is 2. The van der Waals surface area contributed by atoms with Crippen molar-refractivity contribution in [3.05, 3.63) is 53.7 Å². The first kappa shape index (κ1) is 22.1. The Labute approximate surface area is 186 Å². The van der Waals surface area contributed by atoms with Crippen LogP contribution < -0.4 is 10.2 Å². The highest BCUT2D eigenvalue weighted by Crippen LogP contribution is 2.31. The maximum absolute atomic E-state index is 13.1. The molecule has 1 amide bonds. The highest BCUT2D eigenvalue weighted by molar-refractivity contribution is 6.67. The molecule has 1 N–H and O–H groups in total. The minimum Gasteiger partial charge on any atom is -0.370 e. The van der Waals surface area contributed by atoms with Gasteiger partial charge in [0.25, 0.3) is 11.1 Å². The largest absolute Gasteiger partial charge is 0.408 e. The van der Waals surface area contributed by atoms with Gasteiger partial charge in [0.15, 0.2) is 5.69 Å². The van der Waals surface area contributed by atoms with Crippen LogP contribution in [0.15, 0.2) is 42.5 Å². The summed E-state index contributed by atoms with van der Waals surface area (Å²) in [5, 5.41) is 6.32. The molecule has 6 nitrogen and oxygen atoms in total. The summed E-state index contributed by atoms with van der Waals surface area (Å²) < 4.78 is 39.8. The Kier molecular flexibility index (Phi) is 6.10. The van der Waals surface area contributed by atoms with Gasteiger partial charge in [0, 0.05) is 24.0 Å². The SMILES string of the molecule is O=C(Cl)c1ccc(N2CCCCC2)c(NC(=O)c2nn(CC(F)(F)F)c3ccccc23)c1. The smallest absolute Gasteiger partial charge is 0.370 e. The standard InChI is InChI=1S/C22H20ClF3N4O2/c23-20(31)14-8-9-18(29-10-4-1-5-11-29)16(12-14)27-21(32)19-15-6-2-3-7-17(15)30(28-19)13-22(24,25)26/h2-3,6-9,12H,1,4-5,10-11,13H2,(H,27,32). The predicted molar refractivity (Wildman–Crippen MR) is 116 cm³/mol. The van der Waals surface area contributed by atoms with Crippen molar-refractivity contribution < 1.29 is 22.8 Å². The van der Waals surface area contributed by atoms with Crippen molar-refractivity contribution in [3.63, 3.8) is 0 Å². The molecule has 10 heteroatoms. The fourth-order valence-corrected chi connectivity index (χ4v) is 4.05. The number of aromatic nitrogens is 2. The molecule has 4 rings (SSSR count). The van der Waals surface area contributed by atoms with Gasteiger partial charge >= 0.3 is 6.18 Å².